The molecule has 0 amide bonds. The number of carbonyl (C=O) groups excluding carboxylic acids is 1. The molecule has 0 saturated carbocycles. The molecule has 0 spiro atoms. The van der Waals surface area contributed by atoms with Gasteiger partial charge < -0.3 is 14.1 Å². The van der Waals surface area contributed by atoms with Crippen molar-refractivity contribution in [3.05, 3.63) is 53.2 Å². The minimum atomic E-state index is -0.480. The molecule has 0 atom stereocenters. The van der Waals surface area contributed by atoms with Gasteiger partial charge in [0.15, 0.2) is 0 Å². The van der Waals surface area contributed by atoms with Crippen molar-refractivity contribution in [1.29, 1.82) is 0 Å². The van der Waals surface area contributed by atoms with Crippen LogP contribution in [-0.4, -0.2) is 19.6 Å². The van der Waals surface area contributed by atoms with Crippen molar-refractivity contribution in [3.63, 3.8) is 0 Å². The summed E-state index contributed by atoms with van der Waals surface area (Å²) in [4.78, 5) is 13.8. The van der Waals surface area contributed by atoms with Gasteiger partial charge in [-0.2, -0.15) is 0 Å². The lowest BCUT2D eigenvalue weighted by Gasteiger charge is -2.31. The number of methoxy groups -OCH3 is 1. The molecule has 1 aromatic carbocycles. The van der Waals surface area contributed by atoms with Crippen LogP contribution in [0.3, 0.4) is 0 Å². The Bertz CT molecular complexity index is 665. The van der Waals surface area contributed by atoms with Crippen LogP contribution in [-0.2, 0) is 17.7 Å². The van der Waals surface area contributed by atoms with E-state index in [-0.39, 0.29) is 11.6 Å². The van der Waals surface area contributed by atoms with Crippen molar-refractivity contribution < 1.29 is 18.3 Å². The van der Waals surface area contributed by atoms with E-state index >= 15 is 0 Å². The number of carbonyl (C=O) groups is 1. The van der Waals surface area contributed by atoms with Gasteiger partial charge in [-0.05, 0) is 42.7 Å². The lowest BCUT2D eigenvalue weighted by Crippen LogP contribution is -2.29. The molecule has 0 bridgehead atoms. The lowest BCUT2D eigenvalue weighted by atomic mass is 10.0. The minimum absolute atomic E-state index is 0.214. The molecule has 110 valence electrons. The molecule has 0 N–H and O–H groups in total. The number of ether oxygens (including phenoxy) is 1. The largest absolute Gasteiger partial charge is 0.463 e. The average Bonchev–Trinajstić information content (AvgIpc) is 2.94. The molecule has 4 nitrogen and oxygen atoms in total. The maximum atomic E-state index is 13.3. The second-order valence-electron chi connectivity index (χ2n) is 5.06. The minimum Gasteiger partial charge on any atom is -0.463 e. The van der Waals surface area contributed by atoms with E-state index in [2.05, 4.69) is 4.90 Å². The molecule has 5 heteroatoms. The highest BCUT2D eigenvalue weighted by Gasteiger charge is 2.22. The molecular formula is C16H16FNO3. The van der Waals surface area contributed by atoms with Gasteiger partial charge in [0.1, 0.15) is 5.82 Å². The molecular weight excluding hydrogens is 273 g/mol. The Morgan fingerprint density at radius 3 is 3.10 bits per heavy atom. The van der Waals surface area contributed by atoms with E-state index in [1.807, 2.05) is 0 Å². The summed E-state index contributed by atoms with van der Waals surface area (Å²) in [6.07, 6.45) is 3.32. The third-order valence-corrected chi connectivity index (χ3v) is 3.74. The zero-order chi connectivity index (χ0) is 14.8. The van der Waals surface area contributed by atoms with E-state index in [1.54, 1.807) is 18.2 Å². The van der Waals surface area contributed by atoms with Gasteiger partial charge in [-0.25, -0.2) is 9.18 Å². The fraction of sp³-hybridized carbons (Fsp3) is 0.312. The Morgan fingerprint density at radius 1 is 1.43 bits per heavy atom. The summed E-state index contributed by atoms with van der Waals surface area (Å²) in [6, 6.07) is 6.61. The van der Waals surface area contributed by atoms with Crippen LogP contribution in [0.5, 0.6) is 0 Å². The molecule has 0 saturated heterocycles. The van der Waals surface area contributed by atoms with E-state index in [4.69, 9.17) is 9.15 Å². The fourth-order valence-electron chi connectivity index (χ4n) is 2.75. The van der Waals surface area contributed by atoms with E-state index in [9.17, 15) is 9.18 Å². The normalized spacial score (nSPS) is 13.9. The quantitative estimate of drug-likeness (QED) is 0.814. The Hall–Kier alpha value is -2.30. The van der Waals surface area contributed by atoms with Crippen molar-refractivity contribution in [2.24, 2.45) is 0 Å². The van der Waals surface area contributed by atoms with E-state index in [1.165, 1.54) is 19.4 Å². The molecule has 21 heavy (non-hydrogen) atoms. The molecule has 0 radical (unpaired) electrons. The first-order valence-corrected chi connectivity index (χ1v) is 6.87. The van der Waals surface area contributed by atoms with Crippen molar-refractivity contribution in [1.82, 2.24) is 0 Å². The summed E-state index contributed by atoms with van der Waals surface area (Å²) in [6.45, 7) is 1.41. The molecule has 0 unspecified atom stereocenters. The summed E-state index contributed by atoms with van der Waals surface area (Å²) in [5.74, 6) is -0.466. The maximum absolute atomic E-state index is 13.3. The third kappa shape index (κ3) is 2.63. The van der Waals surface area contributed by atoms with Crippen molar-refractivity contribution in [3.8, 4) is 0 Å². The van der Waals surface area contributed by atoms with Gasteiger partial charge in [0.25, 0.3) is 0 Å². The summed E-state index contributed by atoms with van der Waals surface area (Å²) in [5.41, 5.74) is 2.79. The van der Waals surface area contributed by atoms with E-state index in [0.29, 0.717) is 6.54 Å². The Kier molecular flexibility index (Phi) is 3.64. The monoisotopic (exact) mass is 289 g/mol. The maximum Gasteiger partial charge on any atom is 0.374 e. The van der Waals surface area contributed by atoms with Crippen molar-refractivity contribution in [2.45, 2.75) is 19.4 Å². The van der Waals surface area contributed by atoms with Gasteiger partial charge in [-0.15, -0.1) is 0 Å². The number of furan rings is 1. The Balaban J connectivity index is 1.87. The smallest absolute Gasteiger partial charge is 0.374 e. The van der Waals surface area contributed by atoms with Crippen LogP contribution in [0.15, 0.2) is 34.9 Å². The number of fused-ring (bicyclic) bond motifs is 1. The Morgan fingerprint density at radius 2 is 2.29 bits per heavy atom. The van der Waals surface area contributed by atoms with Gasteiger partial charge in [-0.1, -0.05) is 0 Å². The van der Waals surface area contributed by atoms with Crippen LogP contribution in [0, 0.1) is 5.82 Å². The first-order valence-electron chi connectivity index (χ1n) is 6.87. The summed E-state index contributed by atoms with van der Waals surface area (Å²) in [7, 11) is 1.33. The average molecular weight is 289 g/mol. The topological polar surface area (TPSA) is 42.7 Å². The number of hydrogen-bond acceptors (Lipinski definition) is 4. The van der Waals surface area contributed by atoms with Crippen molar-refractivity contribution >= 4 is 11.7 Å². The lowest BCUT2D eigenvalue weighted by molar-refractivity contribution is 0.0563. The van der Waals surface area contributed by atoms with Crippen LogP contribution in [0.25, 0.3) is 0 Å². The summed E-state index contributed by atoms with van der Waals surface area (Å²) >= 11 is 0. The van der Waals surface area contributed by atoms with Gasteiger partial charge in [-0.3, -0.25) is 0 Å². The molecule has 1 aromatic heterocycles. The second kappa shape index (κ2) is 5.60. The van der Waals surface area contributed by atoms with Crippen LogP contribution < -0.4 is 4.90 Å². The van der Waals surface area contributed by atoms with Gasteiger partial charge in [0, 0.05) is 24.3 Å². The van der Waals surface area contributed by atoms with Gasteiger partial charge in [0.2, 0.25) is 5.76 Å². The molecule has 0 fully saturated rings. The second-order valence-corrected chi connectivity index (χ2v) is 5.06. The number of esters is 1. The highest BCUT2D eigenvalue weighted by molar-refractivity contribution is 5.88. The molecule has 2 aromatic rings. The number of aryl methyl sites for hydroxylation is 1. The number of benzene rings is 1. The third-order valence-electron chi connectivity index (χ3n) is 3.74. The highest BCUT2D eigenvalue weighted by atomic mass is 19.1. The fourth-order valence-corrected chi connectivity index (χ4v) is 2.75. The SMILES string of the molecule is COC(=O)c1occc1CN1CCCc2cc(F)ccc21. The predicted octanol–water partition coefficient (Wildman–Crippen LogP) is 3.16. The standard InChI is InChI=1S/C16H16FNO3/c1-20-16(19)15-12(6-8-21-15)10-18-7-2-3-11-9-13(17)4-5-14(11)18/h4-6,8-9H,2-3,7,10H2,1H3. The van der Waals surface area contributed by atoms with E-state index < -0.39 is 5.97 Å². The van der Waals surface area contributed by atoms with Crippen LogP contribution in [0.2, 0.25) is 0 Å². The number of anilines is 1. The first-order chi connectivity index (χ1) is 10.2. The van der Waals surface area contributed by atoms with E-state index in [0.717, 1.165) is 36.2 Å². The van der Waals surface area contributed by atoms with Gasteiger partial charge >= 0.3 is 5.97 Å². The molecule has 1 aliphatic heterocycles. The van der Waals surface area contributed by atoms with Crippen molar-refractivity contribution in [2.75, 3.05) is 18.6 Å². The van der Waals surface area contributed by atoms with Crippen LogP contribution >= 0.6 is 0 Å². The van der Waals surface area contributed by atoms with Crippen LogP contribution in [0.1, 0.15) is 28.1 Å². The number of hydrogen-bond donors (Lipinski definition) is 0. The molecule has 0 aliphatic carbocycles. The van der Waals surface area contributed by atoms with Crippen LogP contribution in [0.4, 0.5) is 10.1 Å². The molecule has 3 rings (SSSR count). The summed E-state index contributed by atoms with van der Waals surface area (Å²) in [5, 5.41) is 0. The van der Waals surface area contributed by atoms with Gasteiger partial charge in [0.05, 0.1) is 13.4 Å². The molecule has 1 aliphatic rings. The first kappa shape index (κ1) is 13.7. The summed E-state index contributed by atoms with van der Waals surface area (Å²) < 4.78 is 23.2. The zero-order valence-corrected chi connectivity index (χ0v) is 11.8. The zero-order valence-electron chi connectivity index (χ0n) is 11.8. The number of nitrogens with zero attached hydrogens (tertiary/aromatic N) is 1. The number of rotatable bonds is 3. The highest BCUT2D eigenvalue weighted by Crippen LogP contribution is 2.29. The molecule has 2 heterocycles. The Labute approximate surface area is 122 Å². The number of halogens is 1. The predicted molar refractivity (Wildman–Crippen MR) is 75.8 cm³/mol.